The Morgan fingerprint density at radius 3 is 1.76 bits per heavy atom. The SMILES string of the molecule is CC1(C)c2ccccc2-c2ccc(N(c3ccc(-c4cccc5c6ccccc6n(-c6ccccc6)c45)cc3)c3ccccc3-c3cccc4cccc(-c5ccccc5)c34)cc21. The molecule has 2 heteroatoms. The van der Waals surface area contributed by atoms with Gasteiger partial charge in [0.25, 0.3) is 0 Å². The Morgan fingerprint density at radius 1 is 0.381 bits per heavy atom. The molecule has 0 radical (unpaired) electrons. The van der Waals surface area contributed by atoms with Gasteiger partial charge in [-0.05, 0) is 104 Å². The minimum absolute atomic E-state index is 0.146. The van der Waals surface area contributed by atoms with Gasteiger partial charge >= 0.3 is 0 Å². The van der Waals surface area contributed by atoms with E-state index in [0.29, 0.717) is 0 Å². The maximum Gasteiger partial charge on any atom is 0.0619 e. The molecule has 11 aromatic rings. The summed E-state index contributed by atoms with van der Waals surface area (Å²) >= 11 is 0. The highest BCUT2D eigenvalue weighted by Crippen LogP contribution is 2.52. The third-order valence-corrected chi connectivity index (χ3v) is 13.4. The van der Waals surface area contributed by atoms with E-state index >= 15 is 0 Å². The van der Waals surface area contributed by atoms with Crippen molar-refractivity contribution >= 4 is 49.6 Å². The van der Waals surface area contributed by atoms with Gasteiger partial charge in [-0.3, -0.25) is 0 Å². The Kier molecular flexibility index (Phi) is 8.55. The Labute approximate surface area is 368 Å². The molecule has 1 aliphatic carbocycles. The highest BCUT2D eigenvalue weighted by molar-refractivity contribution is 6.14. The fourth-order valence-electron chi connectivity index (χ4n) is 10.5. The van der Waals surface area contributed by atoms with Gasteiger partial charge in [-0.25, -0.2) is 0 Å². The largest absolute Gasteiger partial charge is 0.310 e. The van der Waals surface area contributed by atoms with Gasteiger partial charge < -0.3 is 9.47 Å². The molecular formula is C61H44N2. The molecule has 0 unspecified atom stereocenters. The molecule has 0 amide bonds. The summed E-state index contributed by atoms with van der Waals surface area (Å²) in [5.41, 5.74) is 19.3. The number of aromatic nitrogens is 1. The van der Waals surface area contributed by atoms with Crippen molar-refractivity contribution in [1.29, 1.82) is 0 Å². The molecule has 2 nitrogen and oxygen atoms in total. The maximum absolute atomic E-state index is 2.48. The minimum atomic E-state index is -0.146. The van der Waals surface area contributed by atoms with E-state index in [1.807, 2.05) is 0 Å². The molecule has 0 N–H and O–H groups in total. The predicted molar refractivity (Wildman–Crippen MR) is 267 cm³/mol. The molecule has 1 aliphatic rings. The van der Waals surface area contributed by atoms with Gasteiger partial charge in [0, 0.05) is 44.4 Å². The fourth-order valence-corrected chi connectivity index (χ4v) is 10.5. The predicted octanol–water partition coefficient (Wildman–Crippen LogP) is 16.7. The third-order valence-electron chi connectivity index (χ3n) is 13.4. The summed E-state index contributed by atoms with van der Waals surface area (Å²) < 4.78 is 2.43. The van der Waals surface area contributed by atoms with Crippen LogP contribution in [-0.2, 0) is 5.41 Å². The van der Waals surface area contributed by atoms with Crippen molar-refractivity contribution < 1.29 is 0 Å². The van der Waals surface area contributed by atoms with Gasteiger partial charge in [-0.15, -0.1) is 0 Å². The van der Waals surface area contributed by atoms with Gasteiger partial charge in [0.15, 0.2) is 0 Å². The van der Waals surface area contributed by atoms with E-state index < -0.39 is 0 Å². The van der Waals surface area contributed by atoms with E-state index in [-0.39, 0.29) is 5.41 Å². The molecule has 63 heavy (non-hydrogen) atoms. The fraction of sp³-hybridized carbons (Fsp3) is 0.0492. The van der Waals surface area contributed by atoms with Crippen LogP contribution in [0.1, 0.15) is 25.0 Å². The number of fused-ring (bicyclic) bond motifs is 7. The molecule has 12 rings (SSSR count). The molecule has 0 aliphatic heterocycles. The van der Waals surface area contributed by atoms with Crippen LogP contribution in [0.2, 0.25) is 0 Å². The number of nitrogens with zero attached hydrogens (tertiary/aromatic N) is 2. The maximum atomic E-state index is 2.48. The number of anilines is 3. The Balaban J connectivity index is 1.07. The van der Waals surface area contributed by atoms with Crippen molar-refractivity contribution in [3.63, 3.8) is 0 Å². The lowest BCUT2D eigenvalue weighted by molar-refractivity contribution is 0.660. The van der Waals surface area contributed by atoms with E-state index in [1.54, 1.807) is 0 Å². The summed E-state index contributed by atoms with van der Waals surface area (Å²) in [5.74, 6) is 0. The Hall–Kier alpha value is -7.94. The van der Waals surface area contributed by atoms with E-state index in [0.717, 1.165) is 22.7 Å². The van der Waals surface area contributed by atoms with Crippen molar-refractivity contribution in [1.82, 2.24) is 4.57 Å². The molecule has 0 spiro atoms. The first kappa shape index (κ1) is 36.9. The van der Waals surface area contributed by atoms with Crippen LogP contribution in [-0.4, -0.2) is 4.57 Å². The van der Waals surface area contributed by atoms with Gasteiger partial charge in [-0.2, -0.15) is 0 Å². The molecule has 0 fully saturated rings. The van der Waals surface area contributed by atoms with Crippen LogP contribution in [0, 0.1) is 0 Å². The number of rotatable bonds is 7. The van der Waals surface area contributed by atoms with Crippen LogP contribution in [0.4, 0.5) is 17.1 Å². The summed E-state index contributed by atoms with van der Waals surface area (Å²) in [6.07, 6.45) is 0. The number of hydrogen-bond donors (Lipinski definition) is 0. The molecule has 0 atom stereocenters. The summed E-state index contributed by atoms with van der Waals surface area (Å²) in [4.78, 5) is 2.48. The summed E-state index contributed by atoms with van der Waals surface area (Å²) in [6, 6.07) is 84.6. The lowest BCUT2D eigenvalue weighted by atomic mass is 9.82. The summed E-state index contributed by atoms with van der Waals surface area (Å²) in [7, 11) is 0. The first-order valence-corrected chi connectivity index (χ1v) is 21.9. The smallest absolute Gasteiger partial charge is 0.0619 e. The van der Waals surface area contributed by atoms with Gasteiger partial charge in [-0.1, -0.05) is 196 Å². The Bertz CT molecular complexity index is 3520. The molecule has 1 aromatic heterocycles. The van der Waals surface area contributed by atoms with Crippen LogP contribution >= 0.6 is 0 Å². The van der Waals surface area contributed by atoms with Gasteiger partial charge in [0.1, 0.15) is 0 Å². The van der Waals surface area contributed by atoms with E-state index in [2.05, 4.69) is 254 Å². The van der Waals surface area contributed by atoms with Crippen LogP contribution in [0.15, 0.2) is 231 Å². The van der Waals surface area contributed by atoms with Crippen LogP contribution < -0.4 is 4.90 Å². The van der Waals surface area contributed by atoms with Crippen LogP contribution in [0.5, 0.6) is 0 Å². The second-order valence-corrected chi connectivity index (χ2v) is 17.3. The molecular weight excluding hydrogens is 761 g/mol. The molecule has 0 saturated heterocycles. The second-order valence-electron chi connectivity index (χ2n) is 17.3. The second kappa shape index (κ2) is 14.6. The molecule has 298 valence electrons. The third kappa shape index (κ3) is 5.86. The highest BCUT2D eigenvalue weighted by atomic mass is 15.1. The molecule has 0 saturated carbocycles. The van der Waals surface area contributed by atoms with Crippen molar-refractivity contribution in [3.8, 4) is 50.2 Å². The average Bonchev–Trinajstić information content (AvgIpc) is 3.80. The lowest BCUT2D eigenvalue weighted by Crippen LogP contribution is -2.16. The zero-order chi connectivity index (χ0) is 42.1. The average molecular weight is 805 g/mol. The molecule has 1 heterocycles. The quantitative estimate of drug-likeness (QED) is 0.156. The number of benzene rings is 10. The van der Waals surface area contributed by atoms with Crippen molar-refractivity contribution in [3.05, 3.63) is 242 Å². The topological polar surface area (TPSA) is 8.17 Å². The first-order valence-electron chi connectivity index (χ1n) is 21.9. The lowest BCUT2D eigenvalue weighted by Gasteiger charge is -2.30. The normalized spacial score (nSPS) is 12.7. The van der Waals surface area contributed by atoms with E-state index in [1.165, 1.54) is 88.2 Å². The van der Waals surface area contributed by atoms with Crippen LogP contribution in [0.3, 0.4) is 0 Å². The molecule has 0 bridgehead atoms. The van der Waals surface area contributed by atoms with Crippen molar-refractivity contribution in [2.45, 2.75) is 19.3 Å². The van der Waals surface area contributed by atoms with E-state index in [9.17, 15) is 0 Å². The summed E-state index contributed by atoms with van der Waals surface area (Å²) in [6.45, 7) is 4.73. The first-order chi connectivity index (χ1) is 31.0. The minimum Gasteiger partial charge on any atom is -0.310 e. The standard InChI is InChI=1S/C61H44N2/c1-61(2)55-31-12-9-24-49(55)50-39-38-46(40-56(50)61)62(57-32-13-10-25-51(57)53-29-16-21-43-20-15-27-47(59(43)53)41-18-5-3-6-19-41)45-36-34-42(35-37-45)48-28-17-30-54-52-26-11-14-33-58(52)63(60(48)54)44-22-7-4-8-23-44/h3-40H,1-2H3. The van der Waals surface area contributed by atoms with E-state index in [4.69, 9.17) is 0 Å². The van der Waals surface area contributed by atoms with Crippen molar-refractivity contribution in [2.24, 2.45) is 0 Å². The Morgan fingerprint density at radius 2 is 0.952 bits per heavy atom. The highest BCUT2D eigenvalue weighted by Gasteiger charge is 2.36. The van der Waals surface area contributed by atoms with Crippen LogP contribution in [0.25, 0.3) is 82.8 Å². The zero-order valence-electron chi connectivity index (χ0n) is 35.3. The zero-order valence-corrected chi connectivity index (χ0v) is 35.3. The van der Waals surface area contributed by atoms with Gasteiger partial charge in [0.2, 0.25) is 0 Å². The monoisotopic (exact) mass is 804 g/mol. The summed E-state index contributed by atoms with van der Waals surface area (Å²) in [5, 5.41) is 4.97. The van der Waals surface area contributed by atoms with Crippen molar-refractivity contribution in [2.75, 3.05) is 4.90 Å². The number of hydrogen-bond acceptors (Lipinski definition) is 1. The molecule has 10 aromatic carbocycles. The number of para-hydroxylation sites is 4. The van der Waals surface area contributed by atoms with Gasteiger partial charge in [0.05, 0.1) is 16.7 Å².